The first-order chi connectivity index (χ1) is 23.2. The van der Waals surface area contributed by atoms with E-state index in [1.54, 1.807) is 0 Å². The van der Waals surface area contributed by atoms with Crippen molar-refractivity contribution in [2.75, 3.05) is 0 Å². The molecule has 7 aromatic carbocycles. The van der Waals surface area contributed by atoms with Crippen LogP contribution < -0.4 is 0 Å². The average molecular weight is 598 g/mol. The molecule has 2 heteroatoms. The lowest BCUT2D eigenvalue weighted by Crippen LogP contribution is -2.11. The van der Waals surface area contributed by atoms with Crippen LogP contribution in [0.25, 0.3) is 82.1 Å². The van der Waals surface area contributed by atoms with Crippen LogP contribution in [-0.4, -0.2) is 0 Å². The Morgan fingerprint density at radius 1 is 0.511 bits per heavy atom. The van der Waals surface area contributed by atoms with Crippen LogP contribution in [0.2, 0.25) is 0 Å². The van der Waals surface area contributed by atoms with Crippen LogP contribution >= 0.6 is 0 Å². The van der Waals surface area contributed by atoms with E-state index < -0.39 is 0 Å². The monoisotopic (exact) mass is 597 g/mol. The second-order valence-corrected chi connectivity index (χ2v) is 12.7. The van der Waals surface area contributed by atoms with Crippen molar-refractivity contribution in [2.24, 2.45) is 11.8 Å². The molecular weight excluding hydrogens is 571 g/mol. The van der Waals surface area contributed by atoms with Gasteiger partial charge in [0, 0.05) is 28.2 Å². The molecule has 2 aliphatic carbocycles. The predicted molar refractivity (Wildman–Crippen MR) is 195 cm³/mol. The first-order valence-corrected chi connectivity index (χ1v) is 16.2. The highest BCUT2D eigenvalue weighted by molar-refractivity contribution is 6.27. The molecule has 218 valence electrons. The van der Waals surface area contributed by atoms with Gasteiger partial charge in [-0.2, -0.15) is 5.26 Å². The van der Waals surface area contributed by atoms with Crippen LogP contribution in [0.1, 0.15) is 11.1 Å². The molecule has 0 fully saturated rings. The van der Waals surface area contributed by atoms with E-state index in [4.69, 9.17) is 4.42 Å². The molecule has 10 rings (SSSR count). The van der Waals surface area contributed by atoms with Crippen molar-refractivity contribution in [3.63, 3.8) is 0 Å². The lowest BCUT2D eigenvalue weighted by Gasteiger charge is -2.24. The molecule has 0 N–H and O–H groups in total. The van der Waals surface area contributed by atoms with Gasteiger partial charge in [-0.1, -0.05) is 146 Å². The molecule has 0 saturated heterocycles. The molecule has 8 aromatic rings. The summed E-state index contributed by atoms with van der Waals surface area (Å²) in [6.07, 6.45) is 16.0. The van der Waals surface area contributed by atoms with Gasteiger partial charge in [-0.3, -0.25) is 0 Å². The first-order valence-electron chi connectivity index (χ1n) is 16.2. The van der Waals surface area contributed by atoms with E-state index in [2.05, 4.69) is 140 Å². The number of hydrogen-bond donors (Lipinski definition) is 0. The fourth-order valence-corrected chi connectivity index (χ4v) is 7.93. The molecule has 0 spiro atoms. The zero-order chi connectivity index (χ0) is 31.1. The van der Waals surface area contributed by atoms with E-state index in [9.17, 15) is 5.26 Å². The Hall–Kier alpha value is -6.17. The number of fused-ring (bicyclic) bond motifs is 4. The van der Waals surface area contributed by atoms with Gasteiger partial charge in [0.1, 0.15) is 11.7 Å². The molecule has 47 heavy (non-hydrogen) atoms. The first kappa shape index (κ1) is 26.1. The number of allylic oxidation sites excluding steroid dienone is 8. The lowest BCUT2D eigenvalue weighted by molar-refractivity contribution is 0.663. The van der Waals surface area contributed by atoms with Crippen molar-refractivity contribution in [2.45, 2.75) is 0 Å². The number of para-hydroxylation sites is 2. The topological polar surface area (TPSA) is 36.9 Å². The molecule has 0 saturated carbocycles. The zero-order valence-corrected chi connectivity index (χ0v) is 25.4. The fourth-order valence-electron chi connectivity index (χ4n) is 7.93. The van der Waals surface area contributed by atoms with Gasteiger partial charge < -0.3 is 4.42 Å². The number of rotatable bonds is 3. The van der Waals surface area contributed by atoms with Crippen molar-refractivity contribution in [3.05, 3.63) is 163 Å². The third-order valence-electron chi connectivity index (χ3n) is 10.2. The Kier molecular flexibility index (Phi) is 5.50. The van der Waals surface area contributed by atoms with Gasteiger partial charge in [-0.15, -0.1) is 0 Å². The summed E-state index contributed by atoms with van der Waals surface area (Å²) in [7, 11) is 0. The molecule has 2 nitrogen and oxygen atoms in total. The summed E-state index contributed by atoms with van der Waals surface area (Å²) in [4.78, 5) is 0. The van der Waals surface area contributed by atoms with Crippen LogP contribution in [0, 0.1) is 23.2 Å². The number of benzene rings is 7. The summed E-state index contributed by atoms with van der Waals surface area (Å²) in [6, 6.07) is 41.3. The highest BCUT2D eigenvalue weighted by Gasteiger charge is 2.21. The Labute approximate surface area is 271 Å². The normalized spacial score (nSPS) is 17.2. The summed E-state index contributed by atoms with van der Waals surface area (Å²) in [6.45, 7) is 0. The summed E-state index contributed by atoms with van der Waals surface area (Å²) in [5.74, 6) is 0.850. The van der Waals surface area contributed by atoms with Gasteiger partial charge in [0.15, 0.2) is 5.58 Å². The molecule has 0 amide bonds. The van der Waals surface area contributed by atoms with Crippen molar-refractivity contribution in [1.29, 1.82) is 5.26 Å². The second kappa shape index (κ2) is 9.91. The van der Waals surface area contributed by atoms with Gasteiger partial charge in [0.25, 0.3) is 0 Å². The Morgan fingerprint density at radius 3 is 1.87 bits per heavy atom. The van der Waals surface area contributed by atoms with E-state index in [1.807, 2.05) is 18.2 Å². The van der Waals surface area contributed by atoms with E-state index in [-0.39, 0.29) is 0 Å². The quantitative estimate of drug-likeness (QED) is 0.190. The number of hydrogen-bond acceptors (Lipinski definition) is 2. The maximum Gasteiger partial charge on any atom is 0.153 e. The minimum Gasteiger partial charge on any atom is -0.454 e. The molecule has 2 atom stereocenters. The maximum absolute atomic E-state index is 9.64. The van der Waals surface area contributed by atoms with Crippen LogP contribution in [-0.2, 0) is 0 Å². The Balaban J connectivity index is 1.10. The molecule has 0 aliphatic heterocycles. The lowest BCUT2D eigenvalue weighted by atomic mass is 9.80. The molecule has 0 radical (unpaired) electrons. The van der Waals surface area contributed by atoms with Gasteiger partial charge >= 0.3 is 0 Å². The Bertz CT molecular complexity index is 2740. The smallest absolute Gasteiger partial charge is 0.153 e. The van der Waals surface area contributed by atoms with E-state index in [1.165, 1.54) is 54.6 Å². The van der Waals surface area contributed by atoms with E-state index >= 15 is 0 Å². The molecule has 1 heterocycles. The standard InChI is InChI=1S/C45H27NO/c46-26-34-7-3-9-40-41-10-4-8-37(45(41)47-44(34)40)29-14-12-28(13-15-29)35-21-17-30-20-24-39-36(22-18-31-19-23-38(35)42(30)43(31)39)33-16-11-27-5-1-2-6-32(27)25-33/h1-25,27,32H. The fraction of sp³-hybridized carbons (Fsp3) is 0.0444. The van der Waals surface area contributed by atoms with Crippen LogP contribution in [0.4, 0.5) is 0 Å². The van der Waals surface area contributed by atoms with Crippen molar-refractivity contribution >= 4 is 59.8 Å². The maximum atomic E-state index is 9.64. The molecular formula is C45H27NO. The highest BCUT2D eigenvalue weighted by atomic mass is 16.3. The minimum absolute atomic E-state index is 0.405. The molecule has 2 aliphatic rings. The van der Waals surface area contributed by atoms with Crippen molar-refractivity contribution in [3.8, 4) is 28.3 Å². The van der Waals surface area contributed by atoms with Crippen molar-refractivity contribution < 1.29 is 4.42 Å². The van der Waals surface area contributed by atoms with Gasteiger partial charge in [0.2, 0.25) is 0 Å². The molecule has 1 aromatic heterocycles. The Morgan fingerprint density at radius 2 is 1.13 bits per heavy atom. The summed E-state index contributed by atoms with van der Waals surface area (Å²) < 4.78 is 6.34. The number of nitrogens with zero attached hydrogens (tertiary/aromatic N) is 1. The zero-order valence-electron chi connectivity index (χ0n) is 25.4. The minimum atomic E-state index is 0.405. The van der Waals surface area contributed by atoms with E-state index in [0.717, 1.165) is 27.5 Å². The average Bonchev–Trinajstić information content (AvgIpc) is 3.53. The number of nitriles is 1. The predicted octanol–water partition coefficient (Wildman–Crippen LogP) is 12.0. The second-order valence-electron chi connectivity index (χ2n) is 12.7. The van der Waals surface area contributed by atoms with Gasteiger partial charge in [-0.05, 0) is 66.2 Å². The largest absolute Gasteiger partial charge is 0.454 e. The molecule has 0 bridgehead atoms. The van der Waals surface area contributed by atoms with Gasteiger partial charge in [0.05, 0.1) is 5.56 Å². The summed E-state index contributed by atoms with van der Waals surface area (Å²) in [5, 5.41) is 19.4. The molecule has 2 unspecified atom stereocenters. The highest BCUT2D eigenvalue weighted by Crippen LogP contribution is 2.43. The van der Waals surface area contributed by atoms with Gasteiger partial charge in [-0.25, -0.2) is 0 Å². The summed E-state index contributed by atoms with van der Waals surface area (Å²) >= 11 is 0. The SMILES string of the molecule is N#Cc1cccc2c1oc1c(-c3ccc(-c4ccc5ccc6c(C7=CC8C=CC=CC8C=C7)ccc7ccc4c5c76)cc3)cccc12. The van der Waals surface area contributed by atoms with Crippen LogP contribution in [0.15, 0.2) is 156 Å². The van der Waals surface area contributed by atoms with Crippen LogP contribution in [0.5, 0.6) is 0 Å². The van der Waals surface area contributed by atoms with E-state index in [0.29, 0.717) is 23.0 Å². The van der Waals surface area contributed by atoms with Crippen LogP contribution in [0.3, 0.4) is 0 Å². The van der Waals surface area contributed by atoms with Crippen molar-refractivity contribution in [1.82, 2.24) is 0 Å². The third-order valence-corrected chi connectivity index (χ3v) is 10.2. The summed E-state index contributed by atoms with van der Waals surface area (Å²) in [5.41, 5.74) is 9.11. The third kappa shape index (κ3) is 3.84. The number of furan rings is 1.